The second kappa shape index (κ2) is 3.93. The Bertz CT molecular complexity index is 531. The highest BCUT2D eigenvalue weighted by Crippen LogP contribution is 2.22. The zero-order valence-electron chi connectivity index (χ0n) is 8.27. The first kappa shape index (κ1) is 9.41. The molecular formula is C11H9N3O. The van der Waals surface area contributed by atoms with Crippen LogP contribution in [0.1, 0.15) is 12.5 Å². The summed E-state index contributed by atoms with van der Waals surface area (Å²) in [5.41, 5.74) is 1.37. The minimum absolute atomic E-state index is 0.527. The fourth-order valence-corrected chi connectivity index (χ4v) is 1.35. The van der Waals surface area contributed by atoms with Gasteiger partial charge in [-0.05, 0) is 25.1 Å². The molecule has 15 heavy (non-hydrogen) atoms. The second-order valence-corrected chi connectivity index (χ2v) is 2.96. The lowest BCUT2D eigenvalue weighted by Gasteiger charge is -2.04. The van der Waals surface area contributed by atoms with E-state index in [1.165, 1.54) is 6.33 Å². The van der Waals surface area contributed by atoms with Crippen LogP contribution in [0.15, 0.2) is 24.5 Å². The summed E-state index contributed by atoms with van der Waals surface area (Å²) >= 11 is 0. The van der Waals surface area contributed by atoms with Crippen molar-refractivity contribution in [1.29, 1.82) is 5.26 Å². The third kappa shape index (κ3) is 1.72. The highest BCUT2D eigenvalue weighted by atomic mass is 16.5. The van der Waals surface area contributed by atoms with Gasteiger partial charge in [-0.1, -0.05) is 0 Å². The van der Waals surface area contributed by atoms with Gasteiger partial charge in [0.15, 0.2) is 0 Å². The van der Waals surface area contributed by atoms with Crippen LogP contribution in [-0.2, 0) is 0 Å². The summed E-state index contributed by atoms with van der Waals surface area (Å²) in [6, 6.07) is 7.33. The lowest BCUT2D eigenvalue weighted by atomic mass is 10.1. The quantitative estimate of drug-likeness (QED) is 0.741. The third-order valence-corrected chi connectivity index (χ3v) is 2.01. The Morgan fingerprint density at radius 3 is 3.00 bits per heavy atom. The van der Waals surface area contributed by atoms with Gasteiger partial charge in [0.1, 0.15) is 6.33 Å². The lowest BCUT2D eigenvalue weighted by molar-refractivity contribution is 0.331. The Kier molecular flexibility index (Phi) is 2.46. The number of rotatable bonds is 2. The van der Waals surface area contributed by atoms with Gasteiger partial charge in [-0.15, -0.1) is 0 Å². The number of aromatic nitrogens is 2. The van der Waals surface area contributed by atoms with Crippen molar-refractivity contribution >= 4 is 10.9 Å². The summed E-state index contributed by atoms with van der Waals surface area (Å²) in [6.45, 7) is 2.44. The van der Waals surface area contributed by atoms with Crippen LogP contribution in [0.5, 0.6) is 5.88 Å². The molecule has 0 saturated heterocycles. The van der Waals surface area contributed by atoms with Crippen LogP contribution in [0, 0.1) is 11.3 Å². The highest BCUT2D eigenvalue weighted by Gasteiger charge is 2.04. The molecule has 0 atom stereocenters. The molecule has 0 aliphatic carbocycles. The van der Waals surface area contributed by atoms with Crippen LogP contribution in [0.4, 0.5) is 0 Å². The molecule has 0 fully saturated rings. The smallest absolute Gasteiger partial charge is 0.224 e. The molecule has 0 saturated carbocycles. The van der Waals surface area contributed by atoms with E-state index in [0.29, 0.717) is 18.1 Å². The molecular weight excluding hydrogens is 190 g/mol. The molecule has 0 aliphatic heterocycles. The Labute approximate surface area is 87.2 Å². The molecule has 2 rings (SSSR count). The fourth-order valence-electron chi connectivity index (χ4n) is 1.35. The van der Waals surface area contributed by atoms with Gasteiger partial charge in [0.25, 0.3) is 0 Å². The van der Waals surface area contributed by atoms with Gasteiger partial charge in [-0.3, -0.25) is 0 Å². The van der Waals surface area contributed by atoms with Crippen molar-refractivity contribution in [1.82, 2.24) is 9.97 Å². The van der Waals surface area contributed by atoms with Gasteiger partial charge in [0, 0.05) is 0 Å². The molecule has 0 aliphatic rings. The van der Waals surface area contributed by atoms with Crippen LogP contribution in [0.25, 0.3) is 10.9 Å². The predicted octanol–water partition coefficient (Wildman–Crippen LogP) is 1.90. The van der Waals surface area contributed by atoms with Crippen LogP contribution in [0.3, 0.4) is 0 Å². The zero-order chi connectivity index (χ0) is 10.7. The van der Waals surface area contributed by atoms with Crippen molar-refractivity contribution in [3.05, 3.63) is 30.1 Å². The van der Waals surface area contributed by atoms with Crippen molar-refractivity contribution < 1.29 is 4.74 Å². The first-order valence-electron chi connectivity index (χ1n) is 4.63. The molecule has 2 aromatic rings. The van der Waals surface area contributed by atoms with E-state index in [2.05, 4.69) is 16.0 Å². The third-order valence-electron chi connectivity index (χ3n) is 2.01. The van der Waals surface area contributed by atoms with E-state index in [1.807, 2.05) is 6.92 Å². The number of benzene rings is 1. The Balaban J connectivity index is 2.66. The Morgan fingerprint density at radius 2 is 2.27 bits per heavy atom. The molecule has 0 spiro atoms. The van der Waals surface area contributed by atoms with E-state index < -0.39 is 0 Å². The van der Waals surface area contributed by atoms with E-state index >= 15 is 0 Å². The number of nitrogens with zero attached hydrogens (tertiary/aromatic N) is 3. The van der Waals surface area contributed by atoms with Crippen LogP contribution < -0.4 is 4.74 Å². The number of hydrogen-bond donors (Lipinski definition) is 0. The SMILES string of the molecule is CCOc1ncnc2ccc(C#N)cc12. The van der Waals surface area contributed by atoms with Gasteiger partial charge in [-0.2, -0.15) is 5.26 Å². The van der Waals surface area contributed by atoms with Gasteiger partial charge in [0.2, 0.25) is 5.88 Å². The van der Waals surface area contributed by atoms with Crippen molar-refractivity contribution in [2.45, 2.75) is 6.92 Å². The van der Waals surface area contributed by atoms with Gasteiger partial charge >= 0.3 is 0 Å². The van der Waals surface area contributed by atoms with E-state index in [0.717, 1.165) is 10.9 Å². The monoisotopic (exact) mass is 199 g/mol. The molecule has 74 valence electrons. The maximum absolute atomic E-state index is 8.79. The molecule has 0 unspecified atom stereocenters. The van der Waals surface area contributed by atoms with Crippen molar-refractivity contribution in [3.63, 3.8) is 0 Å². The fraction of sp³-hybridized carbons (Fsp3) is 0.182. The minimum atomic E-state index is 0.527. The van der Waals surface area contributed by atoms with Crippen LogP contribution in [-0.4, -0.2) is 16.6 Å². The second-order valence-electron chi connectivity index (χ2n) is 2.96. The van der Waals surface area contributed by atoms with Crippen LogP contribution in [0.2, 0.25) is 0 Å². The summed E-state index contributed by atoms with van der Waals surface area (Å²) in [4.78, 5) is 8.13. The predicted molar refractivity (Wildman–Crippen MR) is 55.4 cm³/mol. The molecule has 0 amide bonds. The minimum Gasteiger partial charge on any atom is -0.477 e. The number of hydrogen-bond acceptors (Lipinski definition) is 4. The Morgan fingerprint density at radius 1 is 1.40 bits per heavy atom. The largest absolute Gasteiger partial charge is 0.477 e. The van der Waals surface area contributed by atoms with Crippen molar-refractivity contribution in [2.75, 3.05) is 6.61 Å². The molecule has 1 heterocycles. The first-order chi connectivity index (χ1) is 7.35. The van der Waals surface area contributed by atoms with E-state index in [9.17, 15) is 0 Å². The van der Waals surface area contributed by atoms with Gasteiger partial charge < -0.3 is 4.74 Å². The summed E-state index contributed by atoms with van der Waals surface area (Å²) in [5, 5.41) is 9.56. The first-order valence-corrected chi connectivity index (χ1v) is 4.63. The highest BCUT2D eigenvalue weighted by molar-refractivity contribution is 5.84. The maximum atomic E-state index is 8.79. The summed E-state index contributed by atoms with van der Waals surface area (Å²) in [6.07, 6.45) is 1.46. The molecule has 1 aromatic carbocycles. The summed E-state index contributed by atoms with van der Waals surface area (Å²) in [7, 11) is 0. The topological polar surface area (TPSA) is 58.8 Å². The van der Waals surface area contributed by atoms with Crippen LogP contribution >= 0.6 is 0 Å². The van der Waals surface area contributed by atoms with E-state index in [-0.39, 0.29) is 0 Å². The maximum Gasteiger partial charge on any atom is 0.224 e. The Hall–Kier alpha value is -2.15. The molecule has 1 aromatic heterocycles. The summed E-state index contributed by atoms with van der Waals surface area (Å²) in [5.74, 6) is 0.527. The molecule has 4 nitrogen and oxygen atoms in total. The molecule has 4 heteroatoms. The molecule has 0 radical (unpaired) electrons. The lowest BCUT2D eigenvalue weighted by Crippen LogP contribution is -1.96. The average Bonchev–Trinajstić information content (AvgIpc) is 2.29. The van der Waals surface area contributed by atoms with Crippen molar-refractivity contribution in [3.8, 4) is 11.9 Å². The zero-order valence-corrected chi connectivity index (χ0v) is 8.27. The standard InChI is InChI=1S/C11H9N3O/c1-2-15-11-9-5-8(6-12)3-4-10(9)13-7-14-11/h3-5,7H,2H2,1H3. The van der Waals surface area contributed by atoms with Crippen molar-refractivity contribution in [2.24, 2.45) is 0 Å². The van der Waals surface area contributed by atoms with E-state index in [1.54, 1.807) is 18.2 Å². The average molecular weight is 199 g/mol. The normalized spacial score (nSPS) is 9.87. The summed E-state index contributed by atoms with van der Waals surface area (Å²) < 4.78 is 5.36. The number of ether oxygens (including phenoxy) is 1. The molecule has 0 N–H and O–H groups in total. The van der Waals surface area contributed by atoms with Gasteiger partial charge in [0.05, 0.1) is 29.1 Å². The molecule has 0 bridgehead atoms. The number of nitriles is 1. The number of fused-ring (bicyclic) bond motifs is 1. The van der Waals surface area contributed by atoms with Gasteiger partial charge in [-0.25, -0.2) is 9.97 Å². The van der Waals surface area contributed by atoms with E-state index in [4.69, 9.17) is 10.00 Å².